The Bertz CT molecular complexity index is 585. The first-order valence-corrected chi connectivity index (χ1v) is 6.79. The fourth-order valence-electron chi connectivity index (χ4n) is 2.52. The van der Waals surface area contributed by atoms with E-state index in [1.54, 1.807) is 18.7 Å². The van der Waals surface area contributed by atoms with Crippen molar-refractivity contribution in [3.63, 3.8) is 0 Å². The summed E-state index contributed by atoms with van der Waals surface area (Å²) in [6.07, 6.45) is 9.06. The number of hydrogen-bond donors (Lipinski definition) is 2. The highest BCUT2D eigenvalue weighted by Gasteiger charge is 2.23. The van der Waals surface area contributed by atoms with Crippen molar-refractivity contribution >= 4 is 5.78 Å². The predicted molar refractivity (Wildman–Crippen MR) is 74.1 cm³/mol. The zero-order valence-corrected chi connectivity index (χ0v) is 11.1. The summed E-state index contributed by atoms with van der Waals surface area (Å²) in [6.45, 7) is 0.784. The Hall–Kier alpha value is -2.30. The maximum atomic E-state index is 11.8. The predicted octanol–water partition coefficient (Wildman–Crippen LogP) is 2.17. The molecule has 2 aromatic rings. The van der Waals surface area contributed by atoms with Gasteiger partial charge in [0.2, 0.25) is 0 Å². The number of ketones is 1. The molecule has 1 unspecified atom stereocenters. The molecular weight excluding hydrogens is 254 g/mol. The molecule has 0 aromatic carbocycles. The summed E-state index contributed by atoms with van der Waals surface area (Å²) in [5.74, 6) is 1.19. The van der Waals surface area contributed by atoms with Gasteiger partial charge in [-0.3, -0.25) is 4.79 Å². The minimum absolute atomic E-state index is 0.150. The van der Waals surface area contributed by atoms with Gasteiger partial charge in [-0.2, -0.15) is 0 Å². The van der Waals surface area contributed by atoms with Crippen LogP contribution in [0.4, 0.5) is 0 Å². The van der Waals surface area contributed by atoms with Crippen LogP contribution in [0.15, 0.2) is 47.1 Å². The second kappa shape index (κ2) is 5.77. The smallest absolute Gasteiger partial charge is 0.158 e. The van der Waals surface area contributed by atoms with Crippen molar-refractivity contribution in [3.05, 3.63) is 54.1 Å². The van der Waals surface area contributed by atoms with Gasteiger partial charge in [0.15, 0.2) is 5.78 Å². The second-order valence-corrected chi connectivity index (χ2v) is 5.01. The third kappa shape index (κ3) is 2.99. The topological polar surface area (TPSA) is 70.9 Å². The highest BCUT2D eigenvalue weighted by Crippen LogP contribution is 2.30. The molecule has 5 nitrogen and oxygen atoms in total. The molecule has 20 heavy (non-hydrogen) atoms. The Morgan fingerprint density at radius 3 is 3.15 bits per heavy atom. The summed E-state index contributed by atoms with van der Waals surface area (Å²) >= 11 is 0. The number of aromatic nitrogens is 2. The van der Waals surface area contributed by atoms with E-state index < -0.39 is 0 Å². The summed E-state index contributed by atoms with van der Waals surface area (Å²) in [4.78, 5) is 18.8. The molecule has 0 amide bonds. The van der Waals surface area contributed by atoms with Crippen molar-refractivity contribution in [3.8, 4) is 0 Å². The van der Waals surface area contributed by atoms with Gasteiger partial charge in [-0.15, -0.1) is 0 Å². The quantitative estimate of drug-likeness (QED) is 0.874. The summed E-state index contributed by atoms with van der Waals surface area (Å²) in [7, 11) is 0. The molecule has 1 aliphatic rings. The summed E-state index contributed by atoms with van der Waals surface area (Å²) in [6, 6.07) is 3.80. The van der Waals surface area contributed by atoms with Crippen LogP contribution in [0.25, 0.3) is 0 Å². The molecule has 1 atom stereocenters. The van der Waals surface area contributed by atoms with Crippen LogP contribution >= 0.6 is 0 Å². The van der Waals surface area contributed by atoms with Gasteiger partial charge in [-0.05, 0) is 18.6 Å². The normalized spacial score (nSPS) is 18.9. The van der Waals surface area contributed by atoms with Crippen molar-refractivity contribution in [2.24, 2.45) is 0 Å². The number of rotatable bonds is 5. The SMILES string of the molecule is O=C1C=C(NCCc2cnc[nH]2)CC(c2ccco2)C1. The van der Waals surface area contributed by atoms with Gasteiger partial charge >= 0.3 is 0 Å². The minimum atomic E-state index is 0.150. The van der Waals surface area contributed by atoms with Gasteiger partial charge in [0, 0.05) is 49.0 Å². The molecule has 2 heterocycles. The lowest BCUT2D eigenvalue weighted by Crippen LogP contribution is -2.23. The van der Waals surface area contributed by atoms with Gasteiger partial charge in [-0.25, -0.2) is 4.98 Å². The Kier molecular flexibility index (Phi) is 3.67. The first-order valence-electron chi connectivity index (χ1n) is 6.79. The summed E-state index contributed by atoms with van der Waals surface area (Å²) < 4.78 is 5.41. The number of nitrogens with zero attached hydrogens (tertiary/aromatic N) is 1. The van der Waals surface area contributed by atoms with Crippen LogP contribution in [-0.4, -0.2) is 22.3 Å². The third-order valence-electron chi connectivity index (χ3n) is 3.50. The van der Waals surface area contributed by atoms with Crippen molar-refractivity contribution in [2.75, 3.05) is 6.54 Å². The first kappa shape index (κ1) is 12.7. The minimum Gasteiger partial charge on any atom is -0.469 e. The number of hydrogen-bond acceptors (Lipinski definition) is 4. The number of aromatic amines is 1. The number of furan rings is 1. The fourth-order valence-corrected chi connectivity index (χ4v) is 2.52. The van der Waals surface area contributed by atoms with Gasteiger partial charge < -0.3 is 14.7 Å². The highest BCUT2D eigenvalue weighted by atomic mass is 16.3. The molecule has 0 aliphatic heterocycles. The zero-order valence-electron chi connectivity index (χ0n) is 11.1. The standard InChI is InChI=1S/C15H17N3O2/c19-14-7-11(15-2-1-5-20-15)6-13(8-14)17-4-3-12-9-16-10-18-12/h1-2,5,8-11,17H,3-4,6-7H2,(H,16,18). The lowest BCUT2D eigenvalue weighted by molar-refractivity contribution is -0.115. The van der Waals surface area contributed by atoms with Crippen LogP contribution in [-0.2, 0) is 11.2 Å². The summed E-state index contributed by atoms with van der Waals surface area (Å²) in [5, 5.41) is 3.33. The van der Waals surface area contributed by atoms with Crippen molar-refractivity contribution in [1.82, 2.24) is 15.3 Å². The number of allylic oxidation sites excluding steroid dienone is 2. The molecule has 2 aromatic heterocycles. The van der Waals surface area contributed by atoms with E-state index in [1.807, 2.05) is 18.3 Å². The molecule has 0 saturated heterocycles. The van der Waals surface area contributed by atoms with E-state index in [1.165, 1.54) is 0 Å². The van der Waals surface area contributed by atoms with Crippen molar-refractivity contribution in [2.45, 2.75) is 25.2 Å². The molecule has 0 saturated carbocycles. The lowest BCUT2D eigenvalue weighted by atomic mass is 9.89. The fraction of sp³-hybridized carbons (Fsp3) is 0.333. The van der Waals surface area contributed by atoms with Crippen molar-refractivity contribution < 1.29 is 9.21 Å². The molecule has 5 heteroatoms. The Morgan fingerprint density at radius 1 is 1.45 bits per heavy atom. The van der Waals surface area contributed by atoms with Crippen molar-refractivity contribution in [1.29, 1.82) is 0 Å². The Labute approximate surface area is 117 Å². The Morgan fingerprint density at radius 2 is 2.40 bits per heavy atom. The van der Waals surface area contributed by atoms with E-state index >= 15 is 0 Å². The van der Waals surface area contributed by atoms with E-state index in [4.69, 9.17) is 4.42 Å². The highest BCUT2D eigenvalue weighted by molar-refractivity contribution is 5.91. The molecular formula is C15H17N3O2. The molecule has 0 fully saturated rings. The maximum absolute atomic E-state index is 11.8. The number of carbonyl (C=O) groups excluding carboxylic acids is 1. The van der Waals surface area contributed by atoms with E-state index in [0.29, 0.717) is 6.42 Å². The van der Waals surface area contributed by atoms with Crippen LogP contribution in [0.5, 0.6) is 0 Å². The molecule has 0 spiro atoms. The van der Waals surface area contributed by atoms with Crippen LogP contribution in [0, 0.1) is 0 Å². The molecule has 2 N–H and O–H groups in total. The third-order valence-corrected chi connectivity index (χ3v) is 3.50. The zero-order chi connectivity index (χ0) is 13.8. The van der Waals surface area contributed by atoms with Crippen LogP contribution in [0.3, 0.4) is 0 Å². The molecule has 1 aliphatic carbocycles. The monoisotopic (exact) mass is 271 g/mol. The Balaban J connectivity index is 1.57. The van der Waals surface area contributed by atoms with E-state index in [9.17, 15) is 4.79 Å². The number of carbonyl (C=O) groups is 1. The van der Waals surface area contributed by atoms with Gasteiger partial charge in [0.25, 0.3) is 0 Å². The van der Waals surface area contributed by atoms with E-state index in [2.05, 4.69) is 15.3 Å². The molecule has 0 radical (unpaired) electrons. The van der Waals surface area contributed by atoms with Gasteiger partial charge in [0.05, 0.1) is 12.6 Å². The molecule has 0 bridgehead atoms. The maximum Gasteiger partial charge on any atom is 0.158 e. The van der Waals surface area contributed by atoms with Crippen LogP contribution in [0.2, 0.25) is 0 Å². The number of nitrogens with one attached hydrogen (secondary N) is 2. The first-order chi connectivity index (χ1) is 9.81. The average molecular weight is 271 g/mol. The molecule has 104 valence electrons. The summed E-state index contributed by atoms with van der Waals surface area (Å²) in [5.41, 5.74) is 2.07. The lowest BCUT2D eigenvalue weighted by Gasteiger charge is -2.21. The van der Waals surface area contributed by atoms with Crippen LogP contribution in [0.1, 0.15) is 30.2 Å². The number of imidazole rings is 1. The average Bonchev–Trinajstić information content (AvgIpc) is 3.11. The van der Waals surface area contributed by atoms with Gasteiger partial charge in [0.1, 0.15) is 5.76 Å². The van der Waals surface area contributed by atoms with E-state index in [0.717, 1.165) is 36.5 Å². The van der Waals surface area contributed by atoms with Gasteiger partial charge in [-0.1, -0.05) is 0 Å². The second-order valence-electron chi connectivity index (χ2n) is 5.01. The number of H-pyrrole nitrogens is 1. The molecule has 3 rings (SSSR count). The van der Waals surface area contributed by atoms with Crippen LogP contribution < -0.4 is 5.32 Å². The largest absolute Gasteiger partial charge is 0.469 e. The van der Waals surface area contributed by atoms with E-state index in [-0.39, 0.29) is 11.7 Å².